The fourth-order valence-corrected chi connectivity index (χ4v) is 2.87. The van der Waals surface area contributed by atoms with Crippen LogP contribution in [0.15, 0.2) is 24.3 Å². The fourth-order valence-electron chi connectivity index (χ4n) is 2.87. The number of unbranched alkanes of at least 4 members (excludes halogenated alkanes) is 1. The molecule has 0 aromatic heterocycles. The molecular weight excluding hydrogens is 290 g/mol. The number of hydrogen-bond acceptors (Lipinski definition) is 3. The van der Waals surface area contributed by atoms with Crippen molar-refractivity contribution in [1.29, 1.82) is 0 Å². The first-order chi connectivity index (χ1) is 11.1. The van der Waals surface area contributed by atoms with Crippen molar-refractivity contribution in [2.45, 2.75) is 57.5 Å². The molecule has 0 spiro atoms. The molecular formula is C18H27N3O2. The first kappa shape index (κ1) is 17.5. The van der Waals surface area contributed by atoms with Crippen molar-refractivity contribution in [2.24, 2.45) is 5.73 Å². The van der Waals surface area contributed by atoms with Crippen LogP contribution in [0, 0.1) is 0 Å². The monoisotopic (exact) mass is 317 g/mol. The van der Waals surface area contributed by atoms with Gasteiger partial charge in [0, 0.05) is 29.8 Å². The van der Waals surface area contributed by atoms with E-state index in [9.17, 15) is 9.59 Å². The van der Waals surface area contributed by atoms with E-state index in [1.165, 1.54) is 0 Å². The number of amides is 2. The van der Waals surface area contributed by atoms with Gasteiger partial charge in [0.25, 0.3) is 11.8 Å². The van der Waals surface area contributed by atoms with Gasteiger partial charge in [0.05, 0.1) is 0 Å². The van der Waals surface area contributed by atoms with E-state index in [0.29, 0.717) is 17.7 Å². The molecule has 1 aromatic rings. The Kier molecular flexibility index (Phi) is 6.59. The van der Waals surface area contributed by atoms with E-state index >= 15 is 0 Å². The van der Waals surface area contributed by atoms with Gasteiger partial charge in [0.1, 0.15) is 0 Å². The van der Waals surface area contributed by atoms with Gasteiger partial charge in [-0.1, -0.05) is 32.3 Å². The Balaban J connectivity index is 1.98. The van der Waals surface area contributed by atoms with Crippen molar-refractivity contribution in [2.75, 3.05) is 6.54 Å². The van der Waals surface area contributed by atoms with Gasteiger partial charge >= 0.3 is 0 Å². The fraction of sp³-hybridized carbons (Fsp3) is 0.556. The van der Waals surface area contributed by atoms with Crippen molar-refractivity contribution >= 4 is 11.8 Å². The maximum absolute atomic E-state index is 12.4. The standard InChI is InChI=1S/C18H27N3O2/c1-2-3-11-20-17(22)13-7-6-8-14(12-13)18(23)21-16-10-5-4-9-15(16)19/h6-8,12,15-16H,2-5,9-11,19H2,1H3,(H,20,22)(H,21,23)/t15-,16-/m1/s1. The summed E-state index contributed by atoms with van der Waals surface area (Å²) in [7, 11) is 0. The highest BCUT2D eigenvalue weighted by Gasteiger charge is 2.23. The van der Waals surface area contributed by atoms with Crippen LogP contribution in [-0.4, -0.2) is 30.4 Å². The minimum Gasteiger partial charge on any atom is -0.352 e. The summed E-state index contributed by atoms with van der Waals surface area (Å²) in [5.74, 6) is -0.293. The Bertz CT molecular complexity index is 545. The van der Waals surface area contributed by atoms with Gasteiger partial charge in [0.15, 0.2) is 0 Å². The molecule has 0 unspecified atom stereocenters. The minimum atomic E-state index is -0.157. The molecule has 0 bridgehead atoms. The van der Waals surface area contributed by atoms with E-state index in [4.69, 9.17) is 5.73 Å². The van der Waals surface area contributed by atoms with E-state index in [-0.39, 0.29) is 23.9 Å². The predicted octanol–water partition coefficient (Wildman–Crippen LogP) is 2.22. The Morgan fingerprint density at radius 2 is 1.87 bits per heavy atom. The van der Waals surface area contributed by atoms with E-state index < -0.39 is 0 Å². The van der Waals surface area contributed by atoms with Crippen LogP contribution >= 0.6 is 0 Å². The maximum atomic E-state index is 12.4. The largest absolute Gasteiger partial charge is 0.352 e. The molecule has 1 aliphatic rings. The molecule has 0 saturated heterocycles. The van der Waals surface area contributed by atoms with Crippen molar-refractivity contribution in [3.8, 4) is 0 Å². The number of benzene rings is 1. The number of nitrogens with one attached hydrogen (secondary N) is 2. The maximum Gasteiger partial charge on any atom is 0.251 e. The van der Waals surface area contributed by atoms with Crippen molar-refractivity contribution in [1.82, 2.24) is 10.6 Å². The highest BCUT2D eigenvalue weighted by molar-refractivity contribution is 5.99. The van der Waals surface area contributed by atoms with Gasteiger partial charge in [-0.15, -0.1) is 0 Å². The van der Waals surface area contributed by atoms with Gasteiger partial charge in [-0.25, -0.2) is 0 Å². The Hall–Kier alpha value is -1.88. The minimum absolute atomic E-state index is 0.0215. The average molecular weight is 317 g/mol. The Labute approximate surface area is 138 Å². The summed E-state index contributed by atoms with van der Waals surface area (Å²) < 4.78 is 0. The zero-order valence-corrected chi connectivity index (χ0v) is 13.8. The number of hydrogen-bond donors (Lipinski definition) is 3. The second-order valence-corrected chi connectivity index (χ2v) is 6.22. The van der Waals surface area contributed by atoms with Crippen LogP contribution in [0.1, 0.15) is 66.2 Å². The summed E-state index contributed by atoms with van der Waals surface area (Å²) in [6.07, 6.45) is 6.07. The molecule has 5 nitrogen and oxygen atoms in total. The number of rotatable bonds is 6. The molecule has 4 N–H and O–H groups in total. The molecule has 2 atom stereocenters. The van der Waals surface area contributed by atoms with Crippen molar-refractivity contribution in [3.63, 3.8) is 0 Å². The zero-order chi connectivity index (χ0) is 16.7. The van der Waals surface area contributed by atoms with Crippen LogP contribution in [0.2, 0.25) is 0 Å². The summed E-state index contributed by atoms with van der Waals surface area (Å²) in [6.45, 7) is 2.73. The highest BCUT2D eigenvalue weighted by Crippen LogP contribution is 2.17. The number of carbonyl (C=O) groups is 2. The molecule has 1 aliphatic carbocycles. The molecule has 1 saturated carbocycles. The molecule has 2 amide bonds. The normalized spacial score (nSPS) is 20.8. The molecule has 2 rings (SSSR count). The molecule has 0 aliphatic heterocycles. The van der Waals surface area contributed by atoms with E-state index in [2.05, 4.69) is 17.6 Å². The molecule has 5 heteroatoms. The summed E-state index contributed by atoms with van der Waals surface area (Å²) >= 11 is 0. The predicted molar refractivity (Wildman–Crippen MR) is 91.4 cm³/mol. The second-order valence-electron chi connectivity index (χ2n) is 6.22. The summed E-state index contributed by atoms with van der Waals surface area (Å²) in [5, 5.41) is 5.87. The van der Waals surface area contributed by atoms with Crippen molar-refractivity contribution < 1.29 is 9.59 Å². The van der Waals surface area contributed by atoms with Gasteiger partial charge in [-0.2, -0.15) is 0 Å². The topological polar surface area (TPSA) is 84.2 Å². The van der Waals surface area contributed by atoms with Crippen LogP contribution in [0.25, 0.3) is 0 Å². The van der Waals surface area contributed by atoms with Gasteiger partial charge in [0.2, 0.25) is 0 Å². The summed E-state index contributed by atoms with van der Waals surface area (Å²) in [6, 6.07) is 6.89. The molecule has 126 valence electrons. The third-order valence-corrected chi connectivity index (χ3v) is 4.34. The first-order valence-corrected chi connectivity index (χ1v) is 8.56. The Morgan fingerprint density at radius 3 is 2.57 bits per heavy atom. The molecule has 0 radical (unpaired) electrons. The molecule has 1 aromatic carbocycles. The summed E-state index contributed by atoms with van der Waals surface area (Å²) in [4.78, 5) is 24.5. The van der Waals surface area contributed by atoms with Gasteiger partial charge in [-0.3, -0.25) is 9.59 Å². The lowest BCUT2D eigenvalue weighted by molar-refractivity contribution is 0.0921. The van der Waals surface area contributed by atoms with Crippen LogP contribution in [-0.2, 0) is 0 Å². The van der Waals surface area contributed by atoms with E-state index in [1.54, 1.807) is 24.3 Å². The molecule has 1 fully saturated rings. The lowest BCUT2D eigenvalue weighted by Crippen LogP contribution is -2.49. The van der Waals surface area contributed by atoms with Crippen LogP contribution < -0.4 is 16.4 Å². The lowest BCUT2D eigenvalue weighted by Gasteiger charge is -2.29. The lowest BCUT2D eigenvalue weighted by atomic mass is 9.91. The Morgan fingerprint density at radius 1 is 1.17 bits per heavy atom. The smallest absolute Gasteiger partial charge is 0.251 e. The SMILES string of the molecule is CCCCNC(=O)c1cccc(C(=O)N[C@@H]2CCCC[C@H]2N)c1. The second kappa shape index (κ2) is 8.67. The average Bonchev–Trinajstić information content (AvgIpc) is 2.57. The van der Waals surface area contributed by atoms with Gasteiger partial charge < -0.3 is 16.4 Å². The zero-order valence-electron chi connectivity index (χ0n) is 13.8. The number of carbonyl (C=O) groups excluding carboxylic acids is 2. The van der Waals surface area contributed by atoms with Crippen LogP contribution in [0.3, 0.4) is 0 Å². The third kappa shape index (κ3) is 5.06. The highest BCUT2D eigenvalue weighted by atomic mass is 16.2. The third-order valence-electron chi connectivity index (χ3n) is 4.34. The van der Waals surface area contributed by atoms with E-state index in [1.807, 2.05) is 0 Å². The molecule has 23 heavy (non-hydrogen) atoms. The van der Waals surface area contributed by atoms with Crippen LogP contribution in [0.4, 0.5) is 0 Å². The van der Waals surface area contributed by atoms with Crippen molar-refractivity contribution in [3.05, 3.63) is 35.4 Å². The van der Waals surface area contributed by atoms with Crippen LogP contribution in [0.5, 0.6) is 0 Å². The first-order valence-electron chi connectivity index (χ1n) is 8.56. The van der Waals surface area contributed by atoms with Gasteiger partial charge in [-0.05, 0) is 37.5 Å². The summed E-state index contributed by atoms with van der Waals surface area (Å²) in [5.41, 5.74) is 7.09. The van der Waals surface area contributed by atoms with E-state index in [0.717, 1.165) is 38.5 Å². The molecule has 0 heterocycles. The number of nitrogens with two attached hydrogens (primary N) is 1. The quantitative estimate of drug-likeness (QED) is 0.703.